The van der Waals surface area contributed by atoms with Crippen LogP contribution in [-0.4, -0.2) is 28.6 Å². The maximum atomic E-state index is 13.2. The molecule has 5 nitrogen and oxygen atoms in total. The molecule has 18 heavy (non-hydrogen) atoms. The Bertz CT molecular complexity index is 547. The van der Waals surface area contributed by atoms with Crippen LogP contribution in [-0.2, 0) is 0 Å². The predicted octanol–water partition coefficient (Wildman–Crippen LogP) is 2.12. The van der Waals surface area contributed by atoms with Crippen molar-refractivity contribution < 1.29 is 9.13 Å². The average molecular weight is 248 g/mol. The average Bonchev–Trinajstić information content (AvgIpc) is 2.39. The molecular weight excluding hydrogens is 235 g/mol. The van der Waals surface area contributed by atoms with E-state index in [1.807, 2.05) is 6.92 Å². The molecule has 0 saturated heterocycles. The summed E-state index contributed by atoms with van der Waals surface area (Å²) < 4.78 is 18.2. The van der Waals surface area contributed by atoms with Gasteiger partial charge in [0.05, 0.1) is 7.11 Å². The zero-order valence-electron chi connectivity index (χ0n) is 10.1. The van der Waals surface area contributed by atoms with Crippen LogP contribution >= 0.6 is 0 Å². The van der Waals surface area contributed by atoms with Crippen molar-refractivity contribution in [2.45, 2.75) is 6.92 Å². The molecule has 1 N–H and O–H groups in total. The summed E-state index contributed by atoms with van der Waals surface area (Å²) in [6.07, 6.45) is 0. The smallest absolute Gasteiger partial charge is 0.321 e. The van der Waals surface area contributed by atoms with Gasteiger partial charge in [-0.05, 0) is 19.1 Å². The molecule has 0 unspecified atom stereocenters. The molecule has 0 atom stereocenters. The van der Waals surface area contributed by atoms with Gasteiger partial charge in [-0.2, -0.15) is 15.0 Å². The maximum Gasteiger partial charge on any atom is 0.321 e. The molecule has 0 aliphatic carbocycles. The number of methoxy groups -OCH3 is 1. The van der Waals surface area contributed by atoms with Crippen molar-refractivity contribution in [1.82, 2.24) is 15.0 Å². The summed E-state index contributed by atoms with van der Waals surface area (Å²) in [7, 11) is 1.47. The topological polar surface area (TPSA) is 59.9 Å². The third-order valence-electron chi connectivity index (χ3n) is 2.22. The Morgan fingerprint density at radius 2 is 2.11 bits per heavy atom. The van der Waals surface area contributed by atoms with E-state index in [1.165, 1.54) is 19.2 Å². The van der Waals surface area contributed by atoms with Crippen molar-refractivity contribution in [1.29, 1.82) is 0 Å². The zero-order valence-corrected chi connectivity index (χ0v) is 10.1. The Balaban J connectivity index is 2.46. The summed E-state index contributed by atoms with van der Waals surface area (Å²) in [4.78, 5) is 12.3. The predicted molar refractivity (Wildman–Crippen MR) is 65.9 cm³/mol. The highest BCUT2D eigenvalue weighted by atomic mass is 19.1. The van der Waals surface area contributed by atoms with Gasteiger partial charge in [0.15, 0.2) is 5.82 Å². The number of ether oxygens (including phenoxy) is 1. The molecule has 1 aromatic heterocycles. The standard InChI is InChI=1S/C12H13FN4O/c1-3-14-11-15-10(16-12(17-11)18-2)8-5-4-6-9(13)7-8/h4-7H,3H2,1-2H3,(H,14,15,16,17). The Hall–Kier alpha value is -2.24. The number of halogens is 1. The second kappa shape index (κ2) is 5.39. The summed E-state index contributed by atoms with van der Waals surface area (Å²) in [5, 5.41) is 2.97. The van der Waals surface area contributed by atoms with Crippen LogP contribution < -0.4 is 10.1 Å². The quantitative estimate of drug-likeness (QED) is 0.898. The lowest BCUT2D eigenvalue weighted by molar-refractivity contribution is 0.379. The van der Waals surface area contributed by atoms with Crippen LogP contribution in [0.5, 0.6) is 6.01 Å². The van der Waals surface area contributed by atoms with Crippen molar-refractivity contribution in [2.75, 3.05) is 19.0 Å². The highest BCUT2D eigenvalue weighted by molar-refractivity contribution is 5.56. The molecule has 0 amide bonds. The van der Waals surface area contributed by atoms with E-state index in [2.05, 4.69) is 20.3 Å². The van der Waals surface area contributed by atoms with Gasteiger partial charge in [-0.15, -0.1) is 0 Å². The SMILES string of the molecule is CCNc1nc(OC)nc(-c2cccc(F)c2)n1. The summed E-state index contributed by atoms with van der Waals surface area (Å²) in [6.45, 7) is 2.61. The van der Waals surface area contributed by atoms with Gasteiger partial charge in [0, 0.05) is 12.1 Å². The van der Waals surface area contributed by atoms with Crippen molar-refractivity contribution in [3.8, 4) is 17.4 Å². The zero-order chi connectivity index (χ0) is 13.0. The first-order valence-electron chi connectivity index (χ1n) is 5.53. The van der Waals surface area contributed by atoms with E-state index in [1.54, 1.807) is 12.1 Å². The van der Waals surface area contributed by atoms with Crippen LogP contribution in [0.1, 0.15) is 6.92 Å². The summed E-state index contributed by atoms with van der Waals surface area (Å²) >= 11 is 0. The fourth-order valence-corrected chi connectivity index (χ4v) is 1.44. The number of aromatic nitrogens is 3. The Morgan fingerprint density at radius 3 is 2.78 bits per heavy atom. The number of benzene rings is 1. The molecule has 0 aliphatic rings. The number of hydrogen-bond acceptors (Lipinski definition) is 5. The van der Waals surface area contributed by atoms with Crippen LogP contribution in [0.3, 0.4) is 0 Å². The van der Waals surface area contributed by atoms with E-state index < -0.39 is 0 Å². The monoisotopic (exact) mass is 248 g/mol. The Kier molecular flexibility index (Phi) is 3.66. The lowest BCUT2D eigenvalue weighted by Crippen LogP contribution is -2.06. The van der Waals surface area contributed by atoms with Gasteiger partial charge in [-0.25, -0.2) is 4.39 Å². The summed E-state index contributed by atoms with van der Waals surface area (Å²) in [5.41, 5.74) is 0.579. The molecule has 6 heteroatoms. The van der Waals surface area contributed by atoms with Crippen molar-refractivity contribution in [3.63, 3.8) is 0 Å². The minimum atomic E-state index is -0.336. The molecule has 1 heterocycles. The van der Waals surface area contributed by atoms with E-state index in [4.69, 9.17) is 4.74 Å². The van der Waals surface area contributed by atoms with Gasteiger partial charge in [0.1, 0.15) is 5.82 Å². The first kappa shape index (κ1) is 12.2. The number of nitrogens with zero attached hydrogens (tertiary/aromatic N) is 3. The van der Waals surface area contributed by atoms with Crippen molar-refractivity contribution >= 4 is 5.95 Å². The van der Waals surface area contributed by atoms with Crippen LogP contribution in [0.25, 0.3) is 11.4 Å². The molecule has 1 aromatic carbocycles. The first-order chi connectivity index (χ1) is 8.72. The van der Waals surface area contributed by atoms with Crippen LogP contribution in [0, 0.1) is 5.82 Å². The molecule has 0 radical (unpaired) electrons. The molecule has 94 valence electrons. The Labute approximate surface area is 104 Å². The molecular formula is C12H13FN4O. The highest BCUT2D eigenvalue weighted by Crippen LogP contribution is 2.19. The lowest BCUT2D eigenvalue weighted by atomic mass is 10.2. The normalized spacial score (nSPS) is 10.2. The van der Waals surface area contributed by atoms with Gasteiger partial charge in [0.2, 0.25) is 5.95 Å². The largest absolute Gasteiger partial charge is 0.467 e. The summed E-state index contributed by atoms with van der Waals surface area (Å²) in [5.74, 6) is 0.442. The maximum absolute atomic E-state index is 13.2. The number of hydrogen-bond donors (Lipinski definition) is 1. The van der Waals surface area contributed by atoms with E-state index in [9.17, 15) is 4.39 Å². The Morgan fingerprint density at radius 1 is 1.28 bits per heavy atom. The third-order valence-corrected chi connectivity index (χ3v) is 2.22. The summed E-state index contributed by atoms with van der Waals surface area (Å²) in [6, 6.07) is 6.26. The number of anilines is 1. The van der Waals surface area contributed by atoms with Crippen LogP contribution in [0.15, 0.2) is 24.3 Å². The second-order valence-electron chi connectivity index (χ2n) is 3.51. The van der Waals surface area contributed by atoms with E-state index >= 15 is 0 Å². The van der Waals surface area contributed by atoms with Crippen molar-refractivity contribution in [2.24, 2.45) is 0 Å². The molecule has 2 aromatic rings. The first-order valence-corrected chi connectivity index (χ1v) is 5.53. The molecule has 2 rings (SSSR count). The van der Waals surface area contributed by atoms with Gasteiger partial charge in [-0.1, -0.05) is 12.1 Å². The van der Waals surface area contributed by atoms with Gasteiger partial charge in [0.25, 0.3) is 0 Å². The lowest BCUT2D eigenvalue weighted by Gasteiger charge is -2.06. The second-order valence-corrected chi connectivity index (χ2v) is 3.51. The fourth-order valence-electron chi connectivity index (χ4n) is 1.44. The molecule has 0 saturated carbocycles. The van der Waals surface area contributed by atoms with Crippen LogP contribution in [0.4, 0.5) is 10.3 Å². The van der Waals surface area contributed by atoms with Gasteiger partial charge >= 0.3 is 6.01 Å². The van der Waals surface area contributed by atoms with Gasteiger partial charge in [-0.3, -0.25) is 0 Å². The third kappa shape index (κ3) is 2.71. The molecule has 0 spiro atoms. The fraction of sp³-hybridized carbons (Fsp3) is 0.250. The number of rotatable bonds is 4. The number of nitrogens with one attached hydrogen (secondary N) is 1. The minimum Gasteiger partial charge on any atom is -0.467 e. The van der Waals surface area contributed by atoms with Crippen molar-refractivity contribution in [3.05, 3.63) is 30.1 Å². The van der Waals surface area contributed by atoms with E-state index in [0.29, 0.717) is 23.9 Å². The van der Waals surface area contributed by atoms with Crippen LogP contribution in [0.2, 0.25) is 0 Å². The molecule has 0 fully saturated rings. The minimum absolute atomic E-state index is 0.195. The van der Waals surface area contributed by atoms with E-state index in [0.717, 1.165) is 0 Å². The molecule has 0 aliphatic heterocycles. The molecule has 0 bridgehead atoms. The van der Waals surface area contributed by atoms with Gasteiger partial charge < -0.3 is 10.1 Å². The van der Waals surface area contributed by atoms with E-state index in [-0.39, 0.29) is 11.8 Å². The highest BCUT2D eigenvalue weighted by Gasteiger charge is 2.08.